The Hall–Kier alpha value is -3.61. The molecule has 2 aromatic carbocycles. The summed E-state index contributed by atoms with van der Waals surface area (Å²) < 4.78 is 5.26. The second-order valence-corrected chi connectivity index (χ2v) is 6.58. The Kier molecular flexibility index (Phi) is 5.17. The van der Waals surface area contributed by atoms with Crippen molar-refractivity contribution in [1.29, 1.82) is 0 Å². The molecule has 3 aromatic rings. The summed E-state index contributed by atoms with van der Waals surface area (Å²) in [5, 5.41) is 22.4. The molecule has 3 N–H and O–H groups in total. The van der Waals surface area contributed by atoms with Crippen LogP contribution in [0, 0.1) is 13.8 Å². The number of carboxylic acids is 1. The van der Waals surface area contributed by atoms with Crippen LogP contribution in [0.15, 0.2) is 51.7 Å². The van der Waals surface area contributed by atoms with E-state index in [4.69, 9.17) is 4.42 Å². The standard InChI is InChI=1S/C21H19NO6/c1-11-8-15(23)18-12(2)14(21(27)28-16(18)9-11)10-17(24)22-19(20(25)26)13-6-4-3-5-7-13/h3-9,19,23H,10H2,1-2H3,(H,22,24)(H,25,26)/t19-/m0/s1. The van der Waals surface area contributed by atoms with Crippen molar-refractivity contribution < 1.29 is 24.2 Å². The van der Waals surface area contributed by atoms with Gasteiger partial charge in [-0.05, 0) is 42.7 Å². The van der Waals surface area contributed by atoms with Gasteiger partial charge >= 0.3 is 11.6 Å². The van der Waals surface area contributed by atoms with Gasteiger partial charge in [0, 0.05) is 0 Å². The quantitative estimate of drug-likeness (QED) is 0.585. The molecule has 0 aliphatic carbocycles. The molecule has 7 nitrogen and oxygen atoms in total. The number of carbonyl (C=O) groups is 2. The van der Waals surface area contributed by atoms with E-state index in [1.807, 2.05) is 0 Å². The molecule has 1 heterocycles. The number of benzene rings is 2. The fourth-order valence-corrected chi connectivity index (χ4v) is 3.17. The van der Waals surface area contributed by atoms with Gasteiger partial charge in [-0.15, -0.1) is 0 Å². The summed E-state index contributed by atoms with van der Waals surface area (Å²) in [7, 11) is 0. The van der Waals surface area contributed by atoms with E-state index in [0.29, 0.717) is 16.5 Å². The van der Waals surface area contributed by atoms with E-state index in [9.17, 15) is 24.6 Å². The molecular weight excluding hydrogens is 362 g/mol. The number of rotatable bonds is 5. The summed E-state index contributed by atoms with van der Waals surface area (Å²) in [6.07, 6.45) is -0.367. The topological polar surface area (TPSA) is 117 Å². The van der Waals surface area contributed by atoms with Crippen LogP contribution in [0.3, 0.4) is 0 Å². The molecule has 0 fully saturated rings. The van der Waals surface area contributed by atoms with Crippen molar-refractivity contribution in [1.82, 2.24) is 5.32 Å². The van der Waals surface area contributed by atoms with Crippen LogP contribution >= 0.6 is 0 Å². The second kappa shape index (κ2) is 7.56. The van der Waals surface area contributed by atoms with Crippen molar-refractivity contribution in [2.45, 2.75) is 26.3 Å². The van der Waals surface area contributed by atoms with Gasteiger partial charge in [0.25, 0.3) is 0 Å². The zero-order chi connectivity index (χ0) is 20.4. The number of aromatic hydroxyl groups is 1. The molecule has 28 heavy (non-hydrogen) atoms. The Morgan fingerprint density at radius 1 is 1.14 bits per heavy atom. The van der Waals surface area contributed by atoms with Crippen LogP contribution in [-0.2, 0) is 16.0 Å². The van der Waals surface area contributed by atoms with Crippen LogP contribution in [0.1, 0.15) is 28.3 Å². The van der Waals surface area contributed by atoms with Crippen LogP contribution in [0.5, 0.6) is 5.75 Å². The largest absolute Gasteiger partial charge is 0.507 e. The van der Waals surface area contributed by atoms with Gasteiger partial charge in [0.05, 0.1) is 17.4 Å². The first-order valence-corrected chi connectivity index (χ1v) is 8.61. The van der Waals surface area contributed by atoms with Crippen molar-refractivity contribution in [3.05, 3.63) is 75.1 Å². The van der Waals surface area contributed by atoms with Crippen LogP contribution in [0.25, 0.3) is 11.0 Å². The minimum atomic E-state index is -1.24. The van der Waals surface area contributed by atoms with E-state index < -0.39 is 23.5 Å². The summed E-state index contributed by atoms with van der Waals surface area (Å²) in [5.41, 5.74) is 1.17. The van der Waals surface area contributed by atoms with Crippen LogP contribution in [0.4, 0.5) is 0 Å². The average Bonchev–Trinajstić information content (AvgIpc) is 2.62. The van der Waals surface area contributed by atoms with Gasteiger partial charge in [0.1, 0.15) is 11.3 Å². The first-order valence-electron chi connectivity index (χ1n) is 8.61. The third-order valence-electron chi connectivity index (χ3n) is 4.52. The molecular formula is C21H19NO6. The normalized spacial score (nSPS) is 11.9. The highest BCUT2D eigenvalue weighted by Gasteiger charge is 2.24. The average molecular weight is 381 g/mol. The number of nitrogens with one attached hydrogen (secondary N) is 1. The smallest absolute Gasteiger partial charge is 0.340 e. The van der Waals surface area contributed by atoms with Crippen LogP contribution in [0.2, 0.25) is 0 Å². The molecule has 0 aliphatic rings. The number of amides is 1. The maximum absolute atomic E-state index is 12.5. The molecule has 7 heteroatoms. The molecule has 0 saturated heterocycles. The molecule has 0 bridgehead atoms. The molecule has 144 valence electrons. The highest BCUT2D eigenvalue weighted by molar-refractivity contribution is 5.90. The van der Waals surface area contributed by atoms with Crippen LogP contribution in [-0.4, -0.2) is 22.1 Å². The summed E-state index contributed by atoms with van der Waals surface area (Å²) in [6.45, 7) is 3.37. The highest BCUT2D eigenvalue weighted by atomic mass is 16.4. The Labute approximate surface area is 160 Å². The SMILES string of the molecule is Cc1cc(O)c2c(C)c(CC(=O)N[C@H](C(=O)O)c3ccccc3)c(=O)oc2c1. The monoisotopic (exact) mass is 381 g/mol. The summed E-state index contributed by atoms with van der Waals surface area (Å²) in [4.78, 5) is 36.4. The molecule has 1 atom stereocenters. The van der Waals surface area contributed by atoms with Crippen molar-refractivity contribution in [3.63, 3.8) is 0 Å². The molecule has 0 radical (unpaired) electrons. The van der Waals surface area contributed by atoms with Gasteiger partial charge in [-0.25, -0.2) is 9.59 Å². The summed E-state index contributed by atoms with van der Waals surface area (Å²) in [5.74, 6) is -1.90. The summed E-state index contributed by atoms with van der Waals surface area (Å²) >= 11 is 0. The zero-order valence-corrected chi connectivity index (χ0v) is 15.4. The molecule has 0 spiro atoms. The van der Waals surface area contributed by atoms with Crippen molar-refractivity contribution in [2.75, 3.05) is 0 Å². The number of aliphatic carboxylic acids is 1. The van der Waals surface area contributed by atoms with Gasteiger partial charge in [-0.3, -0.25) is 4.79 Å². The van der Waals surface area contributed by atoms with Crippen molar-refractivity contribution in [3.8, 4) is 5.75 Å². The Morgan fingerprint density at radius 2 is 1.82 bits per heavy atom. The van der Waals surface area contributed by atoms with E-state index in [2.05, 4.69) is 5.32 Å². The Morgan fingerprint density at radius 3 is 2.46 bits per heavy atom. The van der Waals surface area contributed by atoms with Gasteiger partial charge in [-0.1, -0.05) is 30.3 Å². The lowest BCUT2D eigenvalue weighted by Crippen LogP contribution is -2.35. The predicted octanol–water partition coefficient (Wildman–Crippen LogP) is 2.60. The lowest BCUT2D eigenvalue weighted by molar-refractivity contribution is -0.142. The number of carboxylic acid groups (broad SMARTS) is 1. The van der Waals surface area contributed by atoms with Gasteiger partial charge < -0.3 is 19.9 Å². The number of hydrogen-bond acceptors (Lipinski definition) is 5. The number of phenolic OH excluding ortho intramolecular Hbond substituents is 1. The first kappa shape index (κ1) is 19.2. The van der Waals surface area contributed by atoms with Crippen molar-refractivity contribution >= 4 is 22.8 Å². The third kappa shape index (κ3) is 3.73. The fourth-order valence-electron chi connectivity index (χ4n) is 3.17. The van der Waals surface area contributed by atoms with E-state index in [-0.39, 0.29) is 23.3 Å². The van der Waals surface area contributed by atoms with E-state index in [1.165, 1.54) is 6.07 Å². The number of aryl methyl sites for hydroxylation is 2. The minimum Gasteiger partial charge on any atom is -0.507 e. The van der Waals surface area contributed by atoms with Gasteiger partial charge in [-0.2, -0.15) is 0 Å². The van der Waals surface area contributed by atoms with E-state index in [0.717, 1.165) is 5.56 Å². The number of carbonyl (C=O) groups excluding carboxylic acids is 1. The third-order valence-corrected chi connectivity index (χ3v) is 4.52. The van der Waals surface area contributed by atoms with Gasteiger partial charge in [0.2, 0.25) is 5.91 Å². The maximum Gasteiger partial charge on any atom is 0.340 e. The zero-order valence-electron chi connectivity index (χ0n) is 15.4. The minimum absolute atomic E-state index is 0.0504. The first-order chi connectivity index (χ1) is 13.3. The number of phenols is 1. The molecule has 0 unspecified atom stereocenters. The number of fused-ring (bicyclic) bond motifs is 1. The molecule has 1 amide bonds. The number of hydrogen-bond donors (Lipinski definition) is 3. The molecule has 3 rings (SSSR count). The molecule has 0 saturated carbocycles. The second-order valence-electron chi connectivity index (χ2n) is 6.58. The van der Waals surface area contributed by atoms with E-state index >= 15 is 0 Å². The highest BCUT2D eigenvalue weighted by Crippen LogP contribution is 2.30. The lowest BCUT2D eigenvalue weighted by Gasteiger charge is -2.15. The molecule has 0 aliphatic heterocycles. The summed E-state index contributed by atoms with van der Waals surface area (Å²) in [6, 6.07) is 10.2. The Bertz CT molecular complexity index is 1120. The predicted molar refractivity (Wildman–Crippen MR) is 102 cm³/mol. The van der Waals surface area contributed by atoms with Crippen LogP contribution < -0.4 is 10.9 Å². The fraction of sp³-hybridized carbons (Fsp3) is 0.190. The maximum atomic E-state index is 12.5. The van der Waals surface area contributed by atoms with E-state index in [1.54, 1.807) is 50.2 Å². The Balaban J connectivity index is 1.93. The lowest BCUT2D eigenvalue weighted by atomic mass is 10.0. The molecule has 1 aromatic heterocycles. The van der Waals surface area contributed by atoms with Crippen molar-refractivity contribution in [2.24, 2.45) is 0 Å². The van der Waals surface area contributed by atoms with Gasteiger partial charge in [0.15, 0.2) is 6.04 Å².